The second-order valence-electron chi connectivity index (χ2n) is 19.3. The van der Waals surface area contributed by atoms with Gasteiger partial charge in [0.1, 0.15) is 12.0 Å². The molecule has 3 nitrogen and oxygen atoms in total. The van der Waals surface area contributed by atoms with Crippen LogP contribution in [0.3, 0.4) is 0 Å². The Bertz CT molecular complexity index is 3720. The number of nitrogens with zero attached hydrogens (tertiary/aromatic N) is 3. The van der Waals surface area contributed by atoms with Gasteiger partial charge in [-0.05, 0) is 107 Å². The minimum atomic E-state index is -0.430. The van der Waals surface area contributed by atoms with Crippen LogP contribution in [0.25, 0.3) is 49.7 Å². The third kappa shape index (κ3) is 7.03. The summed E-state index contributed by atoms with van der Waals surface area (Å²) in [5.41, 5.74) is 20.9. The van der Waals surface area contributed by atoms with Crippen molar-refractivity contribution in [2.45, 2.75) is 30.8 Å². The van der Waals surface area contributed by atoms with Gasteiger partial charge in [0, 0.05) is 18.2 Å². The van der Waals surface area contributed by atoms with Gasteiger partial charge in [-0.25, -0.2) is 9.98 Å². The van der Waals surface area contributed by atoms with Gasteiger partial charge in [-0.1, -0.05) is 256 Å². The second kappa shape index (κ2) is 17.4. The highest BCUT2D eigenvalue weighted by molar-refractivity contribution is 6.13. The number of aliphatic imine (C=N–C) groups is 2. The highest BCUT2D eigenvalue weighted by Gasteiger charge is 2.49. The van der Waals surface area contributed by atoms with E-state index in [-0.39, 0.29) is 6.17 Å². The Labute approximate surface area is 416 Å². The van der Waals surface area contributed by atoms with Crippen molar-refractivity contribution in [3.63, 3.8) is 0 Å². The lowest BCUT2D eigenvalue weighted by atomic mass is 9.63. The molecule has 0 aromatic heterocycles. The quantitative estimate of drug-likeness (QED) is 0.149. The van der Waals surface area contributed by atoms with E-state index in [0.717, 1.165) is 40.3 Å². The van der Waals surface area contributed by atoms with Gasteiger partial charge in [-0.3, -0.25) is 0 Å². The molecular weight excluding hydrogens is 859 g/mol. The maximum atomic E-state index is 5.37. The lowest BCUT2D eigenvalue weighted by Crippen LogP contribution is -2.35. The average Bonchev–Trinajstić information content (AvgIpc) is 3.74. The monoisotopic (exact) mass is 909 g/mol. The van der Waals surface area contributed by atoms with Gasteiger partial charge in [0.05, 0.1) is 5.41 Å². The van der Waals surface area contributed by atoms with E-state index in [4.69, 9.17) is 9.98 Å². The SMILES string of the molecule is CC1CC2=C(c3ccccc31)c1ccccc1C2(c1ccccc1)c1ccc(-c2ccc3ccccc3c2-c2ccc(C3N=C(c4ccc(-c5ccccc5)cc4)N=C(c4ccccc4)N3C)cc2)cc1. The lowest BCUT2D eigenvalue weighted by Gasteiger charge is -2.38. The lowest BCUT2D eigenvalue weighted by molar-refractivity contribution is 0.383. The molecule has 0 spiro atoms. The first-order chi connectivity index (χ1) is 35.0. The number of allylic oxidation sites excluding steroid dienone is 1. The van der Waals surface area contributed by atoms with E-state index in [1.54, 1.807) is 0 Å². The molecule has 0 saturated carbocycles. The molecule has 1 aliphatic heterocycles. The summed E-state index contributed by atoms with van der Waals surface area (Å²) < 4.78 is 0. The maximum absolute atomic E-state index is 5.37. The molecule has 0 saturated heterocycles. The number of hydrogen-bond acceptors (Lipinski definition) is 3. The Morgan fingerprint density at radius 3 is 1.76 bits per heavy atom. The maximum Gasteiger partial charge on any atom is 0.159 e. The van der Waals surface area contributed by atoms with E-state index in [0.29, 0.717) is 5.92 Å². The molecule has 3 atom stereocenters. The molecule has 71 heavy (non-hydrogen) atoms. The largest absolute Gasteiger partial charge is 0.333 e. The van der Waals surface area contributed by atoms with Crippen molar-refractivity contribution in [1.82, 2.24) is 4.90 Å². The highest BCUT2D eigenvalue weighted by Crippen LogP contribution is 2.61. The standard InChI is InChI=1S/C68H51N3/c1-45-44-62-64(59-27-15-14-25-56(45)59)60-28-16-17-29-61(60)68(62,54-23-10-5-11-24-54)55-41-38-49(39-42-55)58-43-40-48-20-12-13-26-57(48)63(58)50-32-36-53(37-33-50)67-70-65(69-66(71(67)2)52-21-8-4-9-22-52)51-34-30-47(31-35-51)46-18-6-3-7-19-46/h3-43,45,67H,44H2,1-2H3. The third-order valence-corrected chi connectivity index (χ3v) is 15.3. The number of amidine groups is 2. The molecular formula is C68H51N3. The molecule has 0 bridgehead atoms. The summed E-state index contributed by atoms with van der Waals surface area (Å²) in [4.78, 5) is 12.8. The Balaban J connectivity index is 0.905. The fraction of sp³-hybridized carbons (Fsp3) is 0.0882. The highest BCUT2D eigenvalue weighted by atomic mass is 15.3. The molecule has 13 rings (SSSR count). The van der Waals surface area contributed by atoms with Crippen molar-refractivity contribution in [2.75, 3.05) is 7.05 Å². The normalized spacial score (nSPS) is 18.1. The Morgan fingerprint density at radius 2 is 1.01 bits per heavy atom. The first-order valence-corrected chi connectivity index (χ1v) is 24.9. The summed E-state index contributed by atoms with van der Waals surface area (Å²) in [5, 5.41) is 2.44. The predicted molar refractivity (Wildman–Crippen MR) is 295 cm³/mol. The fourth-order valence-electron chi connectivity index (χ4n) is 12.0. The van der Waals surface area contributed by atoms with Crippen molar-refractivity contribution in [3.05, 3.63) is 304 Å². The predicted octanol–water partition coefficient (Wildman–Crippen LogP) is 16.3. The van der Waals surface area contributed by atoms with E-state index in [9.17, 15) is 0 Å². The van der Waals surface area contributed by atoms with Gasteiger partial charge in [-0.15, -0.1) is 0 Å². The third-order valence-electron chi connectivity index (χ3n) is 15.3. The second-order valence-corrected chi connectivity index (χ2v) is 19.3. The van der Waals surface area contributed by atoms with E-state index >= 15 is 0 Å². The van der Waals surface area contributed by atoms with Crippen LogP contribution in [-0.4, -0.2) is 23.6 Å². The van der Waals surface area contributed by atoms with Gasteiger partial charge in [0.2, 0.25) is 0 Å². The first-order valence-electron chi connectivity index (χ1n) is 24.9. The van der Waals surface area contributed by atoms with E-state index in [2.05, 4.69) is 268 Å². The summed E-state index contributed by atoms with van der Waals surface area (Å²) >= 11 is 0. The van der Waals surface area contributed by atoms with E-state index in [1.807, 2.05) is 0 Å². The summed E-state index contributed by atoms with van der Waals surface area (Å²) in [7, 11) is 2.10. The number of fused-ring (bicyclic) bond motifs is 5. The van der Waals surface area contributed by atoms with Crippen molar-refractivity contribution < 1.29 is 0 Å². The van der Waals surface area contributed by atoms with Crippen LogP contribution in [0.2, 0.25) is 0 Å². The summed E-state index contributed by atoms with van der Waals surface area (Å²) in [6.07, 6.45) is 0.711. The van der Waals surface area contributed by atoms with Crippen molar-refractivity contribution in [3.8, 4) is 33.4 Å². The van der Waals surface area contributed by atoms with Crippen LogP contribution in [0, 0.1) is 0 Å². The van der Waals surface area contributed by atoms with Gasteiger partial charge in [0.15, 0.2) is 5.84 Å². The molecule has 10 aromatic rings. The topological polar surface area (TPSA) is 28.0 Å². The molecule has 2 aliphatic carbocycles. The van der Waals surface area contributed by atoms with Crippen molar-refractivity contribution >= 4 is 28.0 Å². The zero-order valence-corrected chi connectivity index (χ0v) is 39.9. The van der Waals surface area contributed by atoms with Crippen LogP contribution in [0.5, 0.6) is 0 Å². The molecule has 338 valence electrons. The Morgan fingerprint density at radius 1 is 0.451 bits per heavy atom. The van der Waals surface area contributed by atoms with Crippen LogP contribution in [0.1, 0.15) is 75.5 Å². The van der Waals surface area contributed by atoms with Gasteiger partial charge >= 0.3 is 0 Å². The van der Waals surface area contributed by atoms with Crippen molar-refractivity contribution in [1.29, 1.82) is 0 Å². The van der Waals surface area contributed by atoms with Crippen LogP contribution in [0.15, 0.2) is 264 Å². The van der Waals surface area contributed by atoms with Crippen LogP contribution < -0.4 is 0 Å². The zero-order valence-electron chi connectivity index (χ0n) is 39.9. The number of hydrogen-bond donors (Lipinski definition) is 0. The van der Waals surface area contributed by atoms with Crippen LogP contribution in [0.4, 0.5) is 0 Å². The molecule has 3 unspecified atom stereocenters. The minimum absolute atomic E-state index is 0.283. The van der Waals surface area contributed by atoms with E-state index in [1.165, 1.54) is 83.1 Å². The minimum Gasteiger partial charge on any atom is -0.333 e. The molecule has 3 heteroatoms. The fourth-order valence-corrected chi connectivity index (χ4v) is 12.0. The summed E-state index contributed by atoms with van der Waals surface area (Å²) in [6, 6.07) is 91.1. The number of rotatable bonds is 8. The van der Waals surface area contributed by atoms with Gasteiger partial charge < -0.3 is 4.90 Å². The van der Waals surface area contributed by atoms with Crippen LogP contribution in [-0.2, 0) is 5.41 Å². The van der Waals surface area contributed by atoms with Gasteiger partial charge in [0.25, 0.3) is 0 Å². The molecule has 0 N–H and O–H groups in total. The van der Waals surface area contributed by atoms with Gasteiger partial charge in [-0.2, -0.15) is 0 Å². The van der Waals surface area contributed by atoms with Crippen molar-refractivity contribution in [2.24, 2.45) is 9.98 Å². The molecule has 1 heterocycles. The molecule has 0 radical (unpaired) electrons. The molecule has 3 aliphatic rings. The molecule has 0 amide bonds. The summed E-state index contributed by atoms with van der Waals surface area (Å²) in [6.45, 7) is 2.40. The zero-order chi connectivity index (χ0) is 47.5. The number of benzene rings is 10. The Hall–Kier alpha value is -8.66. The first kappa shape index (κ1) is 42.4. The summed E-state index contributed by atoms with van der Waals surface area (Å²) in [5.74, 6) is 2.01. The molecule has 10 aromatic carbocycles. The Kier molecular flexibility index (Phi) is 10.4. The van der Waals surface area contributed by atoms with E-state index < -0.39 is 5.41 Å². The smallest absolute Gasteiger partial charge is 0.159 e. The average molecular weight is 910 g/mol. The molecule has 0 fully saturated rings. The van der Waals surface area contributed by atoms with Crippen LogP contribution >= 0.6 is 0 Å².